The number of carboxylic acid groups (broad SMARTS) is 2. The first-order valence-corrected chi connectivity index (χ1v) is 2.09. The van der Waals surface area contributed by atoms with Crippen molar-refractivity contribution in [3.8, 4) is 0 Å². The molecule has 7 heteroatoms. The average molecular weight is 145 g/mol. The van der Waals surface area contributed by atoms with Crippen LogP contribution >= 0.6 is 0 Å². The topological polar surface area (TPSA) is 123 Å². The summed E-state index contributed by atoms with van der Waals surface area (Å²) in [7, 11) is 0. The fraction of sp³-hybridized carbons (Fsp3) is 0.333. The molecule has 0 fully saturated rings. The van der Waals surface area contributed by atoms with E-state index in [0.29, 0.717) is 0 Å². The molecule has 0 rings (SSSR count). The van der Waals surface area contributed by atoms with Gasteiger partial charge in [0.15, 0.2) is 0 Å². The third-order valence-electron chi connectivity index (χ3n) is 0.635. The lowest BCUT2D eigenvalue weighted by molar-refractivity contribution is -0.149. The van der Waals surface area contributed by atoms with E-state index in [4.69, 9.17) is 15.7 Å². The Labute approximate surface area is 54.5 Å². The highest BCUT2D eigenvalue weighted by Crippen LogP contribution is 1.90. The van der Waals surface area contributed by atoms with Crippen molar-refractivity contribution in [2.75, 3.05) is 0 Å². The van der Waals surface area contributed by atoms with Crippen LogP contribution in [-0.2, 0) is 9.59 Å². The van der Waals surface area contributed by atoms with Crippen molar-refractivity contribution < 1.29 is 19.8 Å². The molecule has 0 heterocycles. The zero-order valence-corrected chi connectivity index (χ0v) is 4.63. The molecule has 0 amide bonds. The van der Waals surface area contributed by atoms with Crippen LogP contribution in [0.15, 0.2) is 5.11 Å². The molecular formula is C3H3N3O4. The summed E-state index contributed by atoms with van der Waals surface area (Å²) in [6, 6.07) is -2.02. The van der Waals surface area contributed by atoms with Gasteiger partial charge in [0.1, 0.15) is 0 Å². The molecule has 7 nitrogen and oxygen atoms in total. The van der Waals surface area contributed by atoms with E-state index in [-0.39, 0.29) is 0 Å². The molecule has 0 aliphatic heterocycles. The van der Waals surface area contributed by atoms with Gasteiger partial charge in [-0.05, 0) is 5.53 Å². The van der Waals surface area contributed by atoms with Gasteiger partial charge in [-0.1, -0.05) is 5.11 Å². The third kappa shape index (κ3) is 2.01. The van der Waals surface area contributed by atoms with E-state index in [2.05, 4.69) is 5.11 Å². The SMILES string of the molecule is [N-]=[N+]=NC(C(=O)O)C(=O)O. The lowest BCUT2D eigenvalue weighted by Crippen LogP contribution is -2.26. The quantitative estimate of drug-likeness (QED) is 0.247. The van der Waals surface area contributed by atoms with Gasteiger partial charge in [-0.3, -0.25) is 9.59 Å². The molecule has 0 unspecified atom stereocenters. The highest BCUT2D eigenvalue weighted by molar-refractivity contribution is 5.97. The maximum atomic E-state index is 9.89. The van der Waals surface area contributed by atoms with Gasteiger partial charge in [0.2, 0.25) is 6.04 Å². The Bertz CT molecular complexity index is 189. The van der Waals surface area contributed by atoms with E-state index >= 15 is 0 Å². The van der Waals surface area contributed by atoms with E-state index in [1.165, 1.54) is 0 Å². The summed E-state index contributed by atoms with van der Waals surface area (Å²) >= 11 is 0. The molecule has 0 saturated carbocycles. The highest BCUT2D eigenvalue weighted by Gasteiger charge is 2.23. The predicted octanol–water partition coefficient (Wildman–Crippen LogP) is -0.165. The van der Waals surface area contributed by atoms with Crippen molar-refractivity contribution in [2.24, 2.45) is 5.11 Å². The molecule has 0 aromatic rings. The Balaban J connectivity index is 4.41. The number of aliphatic carboxylic acids is 2. The Morgan fingerprint density at radius 3 is 1.90 bits per heavy atom. The van der Waals surface area contributed by atoms with Crippen molar-refractivity contribution in [2.45, 2.75) is 6.04 Å². The minimum absolute atomic E-state index is 1.68. The van der Waals surface area contributed by atoms with Crippen molar-refractivity contribution in [3.63, 3.8) is 0 Å². The van der Waals surface area contributed by atoms with Crippen LogP contribution in [0.25, 0.3) is 10.4 Å². The first-order valence-electron chi connectivity index (χ1n) is 2.09. The second kappa shape index (κ2) is 3.31. The summed E-state index contributed by atoms with van der Waals surface area (Å²) in [5.74, 6) is -3.35. The van der Waals surface area contributed by atoms with Gasteiger partial charge < -0.3 is 10.2 Å². The fourth-order valence-electron chi connectivity index (χ4n) is 0.256. The number of rotatable bonds is 3. The van der Waals surface area contributed by atoms with Crippen molar-refractivity contribution in [1.82, 2.24) is 0 Å². The smallest absolute Gasteiger partial charge is 0.324 e. The average Bonchev–Trinajstić information content (AvgIpc) is 1.81. The maximum absolute atomic E-state index is 9.89. The number of hydrogen-bond donors (Lipinski definition) is 2. The molecule has 0 aromatic carbocycles. The van der Waals surface area contributed by atoms with Crippen LogP contribution in [0, 0.1) is 0 Å². The monoisotopic (exact) mass is 145 g/mol. The van der Waals surface area contributed by atoms with Crippen molar-refractivity contribution in [1.29, 1.82) is 0 Å². The van der Waals surface area contributed by atoms with Gasteiger partial charge in [-0.25, -0.2) is 0 Å². The largest absolute Gasteiger partial charge is 0.481 e. The summed E-state index contributed by atoms with van der Waals surface area (Å²) < 4.78 is 0. The number of nitrogens with zero attached hydrogens (tertiary/aromatic N) is 3. The van der Waals surface area contributed by atoms with Crippen LogP contribution in [0.2, 0.25) is 0 Å². The van der Waals surface area contributed by atoms with Crippen LogP contribution in [-0.4, -0.2) is 28.2 Å². The molecule has 0 radical (unpaired) electrons. The molecule has 0 atom stereocenters. The second-order valence-corrected chi connectivity index (χ2v) is 1.28. The number of azide groups is 1. The molecule has 0 aromatic heterocycles. The first kappa shape index (κ1) is 8.25. The Morgan fingerprint density at radius 1 is 1.40 bits per heavy atom. The van der Waals surface area contributed by atoms with Crippen LogP contribution < -0.4 is 0 Å². The Morgan fingerprint density at radius 2 is 1.80 bits per heavy atom. The van der Waals surface area contributed by atoms with Gasteiger partial charge >= 0.3 is 11.9 Å². The molecule has 0 saturated heterocycles. The van der Waals surface area contributed by atoms with Crippen molar-refractivity contribution >= 4 is 11.9 Å². The first-order chi connectivity index (χ1) is 4.59. The minimum Gasteiger partial charge on any atom is -0.481 e. The highest BCUT2D eigenvalue weighted by atomic mass is 16.4. The fourth-order valence-corrected chi connectivity index (χ4v) is 0.256. The van der Waals surface area contributed by atoms with Gasteiger partial charge in [0, 0.05) is 4.91 Å². The van der Waals surface area contributed by atoms with Crippen LogP contribution in [0.5, 0.6) is 0 Å². The number of carbonyl (C=O) groups is 2. The molecule has 0 aliphatic rings. The summed E-state index contributed by atoms with van der Waals surface area (Å²) in [6.07, 6.45) is 0. The van der Waals surface area contributed by atoms with Gasteiger partial charge in [-0.2, -0.15) is 0 Å². The van der Waals surface area contributed by atoms with E-state index in [0.717, 1.165) is 0 Å². The number of carboxylic acids is 2. The zero-order chi connectivity index (χ0) is 8.15. The van der Waals surface area contributed by atoms with Crippen LogP contribution in [0.1, 0.15) is 0 Å². The Hall–Kier alpha value is -1.75. The molecule has 0 bridgehead atoms. The van der Waals surface area contributed by atoms with E-state index in [9.17, 15) is 9.59 Å². The summed E-state index contributed by atoms with van der Waals surface area (Å²) in [5, 5.41) is 18.6. The van der Waals surface area contributed by atoms with Gasteiger partial charge in [0.25, 0.3) is 0 Å². The van der Waals surface area contributed by atoms with E-state index in [1.54, 1.807) is 0 Å². The molecule has 2 N–H and O–H groups in total. The van der Waals surface area contributed by atoms with Gasteiger partial charge in [-0.15, -0.1) is 0 Å². The maximum Gasteiger partial charge on any atom is 0.324 e. The van der Waals surface area contributed by atoms with E-state index < -0.39 is 18.0 Å². The normalized spacial score (nSPS) is 8.50. The van der Waals surface area contributed by atoms with Crippen LogP contribution in [0.3, 0.4) is 0 Å². The lowest BCUT2D eigenvalue weighted by Gasteiger charge is -1.95. The Kier molecular flexibility index (Phi) is 2.73. The zero-order valence-electron chi connectivity index (χ0n) is 4.63. The summed E-state index contributed by atoms with van der Waals surface area (Å²) in [4.78, 5) is 21.8. The molecule has 0 spiro atoms. The second-order valence-electron chi connectivity index (χ2n) is 1.28. The van der Waals surface area contributed by atoms with Crippen molar-refractivity contribution in [3.05, 3.63) is 10.4 Å². The predicted molar refractivity (Wildman–Crippen MR) is 28.2 cm³/mol. The van der Waals surface area contributed by atoms with E-state index in [1.807, 2.05) is 4.91 Å². The van der Waals surface area contributed by atoms with Gasteiger partial charge in [0.05, 0.1) is 0 Å². The third-order valence-corrected chi connectivity index (χ3v) is 0.635. The summed E-state index contributed by atoms with van der Waals surface area (Å²) in [5.41, 5.74) is 7.67. The summed E-state index contributed by atoms with van der Waals surface area (Å²) in [6.45, 7) is 0. The molecule has 10 heavy (non-hydrogen) atoms. The standard InChI is InChI=1S/C3H3N3O4/c4-6-5-1(2(7)8)3(9)10/h1H,(H,7,8)(H,9,10). The van der Waals surface area contributed by atoms with Crippen LogP contribution in [0.4, 0.5) is 0 Å². The minimum atomic E-state index is -2.02. The number of hydrogen-bond acceptors (Lipinski definition) is 3. The lowest BCUT2D eigenvalue weighted by atomic mass is 10.3. The molecule has 0 aliphatic carbocycles. The molecule has 54 valence electrons. The molecular weight excluding hydrogens is 142 g/mol.